The van der Waals surface area contributed by atoms with Crippen molar-refractivity contribution in [2.45, 2.75) is 76.5 Å². The normalized spacial score (nSPS) is 29.8. The molecule has 6 N–H and O–H groups in total. The van der Waals surface area contributed by atoms with E-state index in [2.05, 4.69) is 10.3 Å². The van der Waals surface area contributed by atoms with Gasteiger partial charge in [-0.05, 0) is 27.2 Å². The summed E-state index contributed by atoms with van der Waals surface area (Å²) in [6.45, 7) is 5.68. The molecule has 1 rings (SSSR count). The van der Waals surface area contributed by atoms with Crippen LogP contribution in [0.4, 0.5) is 4.79 Å². The van der Waals surface area contributed by atoms with E-state index in [9.17, 15) is 29.6 Å². The minimum Gasteiger partial charge on any atom is -0.388 e. The van der Waals surface area contributed by atoms with E-state index in [0.717, 1.165) is 18.2 Å². The van der Waals surface area contributed by atoms with Crippen molar-refractivity contribution >= 4 is 25.8 Å². The molecule has 0 aromatic carbocycles. The Morgan fingerprint density at radius 2 is 2.07 bits per heavy atom. The number of nitrogens with one attached hydrogen (secondary N) is 2. The fourth-order valence-corrected chi connectivity index (χ4v) is 3.76. The summed E-state index contributed by atoms with van der Waals surface area (Å²) in [4.78, 5) is 26.8. The number of aliphatic hydroxyl groups is 3. The van der Waals surface area contributed by atoms with Gasteiger partial charge in [0.1, 0.15) is 12.2 Å². The van der Waals surface area contributed by atoms with E-state index in [0.29, 0.717) is 0 Å². The first-order valence-corrected chi connectivity index (χ1v) is 10.7. The van der Waals surface area contributed by atoms with Crippen molar-refractivity contribution in [3.63, 3.8) is 0 Å². The number of hydrogen-bond donors (Lipinski definition) is 6. The monoisotopic (exact) mass is 438 g/mol. The number of aliphatic imine (C=N–C) groups is 1. The molecule has 0 bridgehead atoms. The fourth-order valence-electron chi connectivity index (χ4n) is 2.77. The maximum atomic E-state index is 12.3. The van der Waals surface area contributed by atoms with Gasteiger partial charge in [-0.2, -0.15) is 0 Å². The molecule has 0 spiro atoms. The molecule has 0 aliphatic carbocycles. The number of rotatable bonds is 8. The van der Waals surface area contributed by atoms with E-state index >= 15 is 0 Å². The average molecular weight is 438 g/mol. The van der Waals surface area contributed by atoms with Gasteiger partial charge in [-0.3, -0.25) is 25.2 Å². The molecule has 1 aliphatic heterocycles. The van der Waals surface area contributed by atoms with Gasteiger partial charge in [0.2, 0.25) is 0 Å². The SMILES string of the molecule is CCC(C)(C[C@H]1O[C@@H](N(C=NC)C(=O)NC(C)=N)[C@H](O)[C@@H]1O)OP(=O)(O)C(C)O. The van der Waals surface area contributed by atoms with Gasteiger partial charge in [0.05, 0.1) is 23.9 Å². The van der Waals surface area contributed by atoms with Crippen molar-refractivity contribution < 1.29 is 38.8 Å². The standard InChI is InChI=1S/C16H31N4O8P/c1-6-16(4,28-29(25,26)10(3)21)7-11-12(22)13(23)14(27-11)20(8-18-5)15(24)19-9(2)17/h8,10-14,21-23H,6-7H2,1-5H3,(H,25,26)(H2,17,19,24)/t10?,11-,12-,13-,14-,16?/m1/s1. The highest BCUT2D eigenvalue weighted by molar-refractivity contribution is 7.53. The second-order valence-electron chi connectivity index (χ2n) is 7.18. The predicted molar refractivity (Wildman–Crippen MR) is 105 cm³/mol. The van der Waals surface area contributed by atoms with Crippen LogP contribution in [-0.4, -0.2) is 86.4 Å². The van der Waals surface area contributed by atoms with Gasteiger partial charge in [-0.1, -0.05) is 6.92 Å². The van der Waals surface area contributed by atoms with Gasteiger partial charge in [-0.15, -0.1) is 0 Å². The largest absolute Gasteiger partial charge is 0.388 e. The summed E-state index contributed by atoms with van der Waals surface area (Å²) in [7, 11) is -2.94. The zero-order chi connectivity index (χ0) is 22.6. The van der Waals surface area contributed by atoms with E-state index in [1.54, 1.807) is 6.92 Å². The Labute approximate surface area is 169 Å². The number of nitrogens with zero attached hydrogens (tertiary/aromatic N) is 2. The lowest BCUT2D eigenvalue weighted by Crippen LogP contribution is -2.51. The minimum absolute atomic E-state index is 0.0994. The van der Waals surface area contributed by atoms with Crippen LogP contribution >= 0.6 is 7.60 Å². The Morgan fingerprint density at radius 1 is 1.48 bits per heavy atom. The second-order valence-corrected chi connectivity index (χ2v) is 9.24. The van der Waals surface area contributed by atoms with Crippen LogP contribution in [0.1, 0.15) is 40.5 Å². The molecule has 1 fully saturated rings. The first kappa shape index (κ1) is 25.6. The summed E-state index contributed by atoms with van der Waals surface area (Å²) >= 11 is 0. The lowest BCUT2D eigenvalue weighted by Gasteiger charge is -2.34. The zero-order valence-corrected chi connectivity index (χ0v) is 18.0. The predicted octanol–water partition coefficient (Wildman–Crippen LogP) is 0.199. The average Bonchev–Trinajstić information content (AvgIpc) is 2.86. The lowest BCUT2D eigenvalue weighted by atomic mass is 9.93. The van der Waals surface area contributed by atoms with Gasteiger partial charge in [-0.25, -0.2) is 4.79 Å². The number of aliphatic hydroxyl groups excluding tert-OH is 3. The summed E-state index contributed by atoms with van der Waals surface area (Å²) in [5, 5.41) is 39.9. The Hall–Kier alpha value is -1.40. The number of amidine groups is 1. The number of hydrogen-bond acceptors (Lipinski definition) is 9. The summed E-state index contributed by atoms with van der Waals surface area (Å²) in [5.74, 6) is -1.75. The molecular formula is C16H31N4O8P. The Kier molecular flexibility index (Phi) is 8.90. The molecule has 0 aromatic rings. The van der Waals surface area contributed by atoms with Crippen LogP contribution in [0.5, 0.6) is 0 Å². The van der Waals surface area contributed by atoms with Crippen LogP contribution in [0.15, 0.2) is 4.99 Å². The van der Waals surface area contributed by atoms with Crippen LogP contribution in [0.25, 0.3) is 0 Å². The van der Waals surface area contributed by atoms with Gasteiger partial charge in [0.25, 0.3) is 0 Å². The molecule has 168 valence electrons. The molecule has 13 heteroatoms. The third-order valence-electron chi connectivity index (χ3n) is 4.58. The fraction of sp³-hybridized carbons (Fsp3) is 0.812. The number of ether oxygens (including phenoxy) is 1. The molecule has 12 nitrogen and oxygen atoms in total. The van der Waals surface area contributed by atoms with E-state index in [1.165, 1.54) is 20.9 Å². The molecular weight excluding hydrogens is 407 g/mol. The highest BCUT2D eigenvalue weighted by Gasteiger charge is 2.50. The third-order valence-corrected chi connectivity index (χ3v) is 6.23. The van der Waals surface area contributed by atoms with Gasteiger partial charge < -0.3 is 29.5 Å². The maximum absolute atomic E-state index is 12.3. The molecule has 1 heterocycles. The number of amides is 2. The third kappa shape index (κ3) is 6.54. The highest BCUT2D eigenvalue weighted by Crippen LogP contribution is 2.51. The second kappa shape index (κ2) is 10.1. The van der Waals surface area contributed by atoms with Crippen molar-refractivity contribution in [3.8, 4) is 0 Å². The maximum Gasteiger partial charge on any atom is 0.356 e. The number of carbonyl (C=O) groups excluding carboxylic acids is 1. The summed E-state index contributed by atoms with van der Waals surface area (Å²) in [6.07, 6.45) is -4.06. The molecule has 0 aromatic heterocycles. The van der Waals surface area contributed by atoms with Crippen LogP contribution in [0, 0.1) is 5.41 Å². The molecule has 0 radical (unpaired) electrons. The highest BCUT2D eigenvalue weighted by atomic mass is 31.2. The lowest BCUT2D eigenvalue weighted by molar-refractivity contribution is -0.0698. The molecule has 0 saturated carbocycles. The van der Waals surface area contributed by atoms with Crippen LogP contribution in [-0.2, 0) is 13.8 Å². The summed E-state index contributed by atoms with van der Waals surface area (Å²) in [5.41, 5.74) is -1.26. The van der Waals surface area contributed by atoms with Crippen molar-refractivity contribution in [3.05, 3.63) is 0 Å². The van der Waals surface area contributed by atoms with Crippen LogP contribution in [0.3, 0.4) is 0 Å². The van der Waals surface area contributed by atoms with Gasteiger partial charge in [0.15, 0.2) is 12.1 Å². The molecule has 7 atom stereocenters. The molecule has 2 amide bonds. The van der Waals surface area contributed by atoms with E-state index in [4.69, 9.17) is 14.7 Å². The molecule has 1 aliphatic rings. The van der Waals surface area contributed by atoms with E-state index in [-0.39, 0.29) is 18.7 Å². The topological polar surface area (TPSA) is 185 Å². The summed E-state index contributed by atoms with van der Waals surface area (Å²) < 4.78 is 23.0. The Bertz CT molecular complexity index is 675. The Balaban J connectivity index is 3.04. The van der Waals surface area contributed by atoms with E-state index < -0.39 is 49.6 Å². The molecule has 1 saturated heterocycles. The first-order chi connectivity index (χ1) is 13.3. The number of carbonyl (C=O) groups is 1. The minimum atomic E-state index is -4.33. The quantitative estimate of drug-likeness (QED) is 0.176. The van der Waals surface area contributed by atoms with Gasteiger partial charge >= 0.3 is 13.6 Å². The van der Waals surface area contributed by atoms with Crippen molar-refractivity contribution in [2.75, 3.05) is 7.05 Å². The smallest absolute Gasteiger partial charge is 0.356 e. The van der Waals surface area contributed by atoms with Crippen molar-refractivity contribution in [1.82, 2.24) is 10.2 Å². The molecule has 29 heavy (non-hydrogen) atoms. The molecule has 3 unspecified atom stereocenters. The van der Waals surface area contributed by atoms with Crippen LogP contribution < -0.4 is 5.32 Å². The van der Waals surface area contributed by atoms with Crippen molar-refractivity contribution in [1.29, 1.82) is 5.41 Å². The van der Waals surface area contributed by atoms with Crippen LogP contribution in [0.2, 0.25) is 0 Å². The van der Waals surface area contributed by atoms with E-state index in [1.807, 2.05) is 0 Å². The van der Waals surface area contributed by atoms with Crippen molar-refractivity contribution in [2.24, 2.45) is 4.99 Å². The van der Waals surface area contributed by atoms with Gasteiger partial charge in [0, 0.05) is 13.5 Å². The Morgan fingerprint density at radius 3 is 2.52 bits per heavy atom. The zero-order valence-electron chi connectivity index (χ0n) is 17.1. The number of urea groups is 1. The first-order valence-electron chi connectivity index (χ1n) is 9.07. The summed E-state index contributed by atoms with van der Waals surface area (Å²) in [6, 6.07) is -0.788.